The number of amides is 2. The number of carbonyl (C=O) groups excluding carboxylic acids is 2. The lowest BCUT2D eigenvalue weighted by molar-refractivity contribution is -0.153. The molecule has 2 aromatic carbocycles. The third-order valence-corrected chi connectivity index (χ3v) is 7.35. The molecule has 0 saturated carbocycles. The van der Waals surface area contributed by atoms with Crippen LogP contribution >= 0.6 is 0 Å². The van der Waals surface area contributed by atoms with Crippen molar-refractivity contribution in [2.45, 2.75) is 31.9 Å². The lowest BCUT2D eigenvalue weighted by Gasteiger charge is -2.22. The number of hydrogen-bond acceptors (Lipinski definition) is 5. The Bertz CT molecular complexity index is 1310. The molecule has 2 aliphatic heterocycles. The Hall–Kier alpha value is -3.70. The Morgan fingerprint density at radius 3 is 2.37 bits per heavy atom. The van der Waals surface area contributed by atoms with E-state index < -0.39 is 18.6 Å². The fourth-order valence-corrected chi connectivity index (χ4v) is 5.30. The van der Waals surface area contributed by atoms with E-state index in [1.54, 1.807) is 23.1 Å². The number of aromatic nitrogens is 3. The standard InChI is InChI=1S/C26H27F4N5O3/c27-21-12-20(38-15-26(28,29)30)4-1-16(21)3-6-24(36)34-9-7-18-13-35(14-19(18)8-10-34)25(37)17-2-5-22-23(11-17)32-33-31-22/h1-2,4-5,11-12,18-19H,3,6-10,13-15H2,(H,31,32,33). The summed E-state index contributed by atoms with van der Waals surface area (Å²) in [6, 6.07) is 8.81. The zero-order valence-corrected chi connectivity index (χ0v) is 20.5. The molecule has 12 heteroatoms. The maximum absolute atomic E-state index is 14.3. The zero-order valence-electron chi connectivity index (χ0n) is 20.5. The average molecular weight is 534 g/mol. The molecular weight excluding hydrogens is 506 g/mol. The van der Waals surface area contributed by atoms with Gasteiger partial charge in [0.1, 0.15) is 22.6 Å². The maximum atomic E-state index is 14.3. The molecule has 8 nitrogen and oxygen atoms in total. The van der Waals surface area contributed by atoms with E-state index in [-0.39, 0.29) is 36.0 Å². The number of aromatic amines is 1. The number of aryl methyl sites for hydroxylation is 1. The van der Waals surface area contributed by atoms with Crippen LogP contribution in [0, 0.1) is 17.7 Å². The first-order valence-electron chi connectivity index (χ1n) is 12.5. The average Bonchev–Trinajstić information content (AvgIpc) is 3.47. The zero-order chi connectivity index (χ0) is 26.9. The second kappa shape index (κ2) is 10.6. The third kappa shape index (κ3) is 5.89. The topological polar surface area (TPSA) is 91.4 Å². The summed E-state index contributed by atoms with van der Waals surface area (Å²) in [5.74, 6) is -0.428. The van der Waals surface area contributed by atoms with Crippen LogP contribution in [0.25, 0.3) is 11.0 Å². The fourth-order valence-electron chi connectivity index (χ4n) is 5.30. The van der Waals surface area contributed by atoms with Crippen molar-refractivity contribution in [3.05, 3.63) is 53.3 Å². The first-order valence-corrected chi connectivity index (χ1v) is 12.5. The minimum atomic E-state index is -4.51. The highest BCUT2D eigenvalue weighted by Crippen LogP contribution is 2.33. The van der Waals surface area contributed by atoms with Gasteiger partial charge in [-0.1, -0.05) is 6.07 Å². The van der Waals surface area contributed by atoms with Crippen LogP contribution in [0.15, 0.2) is 36.4 Å². The summed E-state index contributed by atoms with van der Waals surface area (Å²) in [5.41, 5.74) is 2.17. The normalized spacial score (nSPS) is 19.9. The Morgan fingerprint density at radius 2 is 1.68 bits per heavy atom. The van der Waals surface area contributed by atoms with Gasteiger partial charge in [0.2, 0.25) is 5.91 Å². The number of halogens is 4. The number of nitrogens with one attached hydrogen (secondary N) is 1. The Labute approximate surface area is 215 Å². The lowest BCUT2D eigenvalue weighted by Crippen LogP contribution is -2.34. The molecule has 2 fully saturated rings. The summed E-state index contributed by atoms with van der Waals surface area (Å²) >= 11 is 0. The molecule has 2 saturated heterocycles. The van der Waals surface area contributed by atoms with Crippen LogP contribution in [0.1, 0.15) is 35.2 Å². The largest absolute Gasteiger partial charge is 0.484 e. The van der Waals surface area contributed by atoms with E-state index >= 15 is 0 Å². The summed E-state index contributed by atoms with van der Waals surface area (Å²) in [7, 11) is 0. The van der Waals surface area contributed by atoms with Crippen molar-refractivity contribution in [2.75, 3.05) is 32.8 Å². The SMILES string of the molecule is O=C(CCc1ccc(OCC(F)(F)F)cc1F)N1CCC2CN(C(=O)c3ccc4n[nH]nc4c3)CC2CC1. The molecule has 2 atom stereocenters. The first-order chi connectivity index (χ1) is 18.2. The van der Waals surface area contributed by atoms with Gasteiger partial charge in [-0.15, -0.1) is 0 Å². The van der Waals surface area contributed by atoms with Crippen LogP contribution in [0.5, 0.6) is 5.75 Å². The predicted octanol–water partition coefficient (Wildman–Crippen LogP) is 3.98. The second-order valence-corrected chi connectivity index (χ2v) is 9.87. The summed E-state index contributed by atoms with van der Waals surface area (Å²) in [5, 5.41) is 10.6. The Balaban J connectivity index is 1.11. The summed E-state index contributed by atoms with van der Waals surface area (Å²) in [6.45, 7) is 0.914. The smallest absolute Gasteiger partial charge is 0.422 e. The van der Waals surface area contributed by atoms with Gasteiger partial charge in [0, 0.05) is 44.2 Å². The van der Waals surface area contributed by atoms with Gasteiger partial charge in [-0.05, 0) is 60.9 Å². The van der Waals surface area contributed by atoms with Crippen molar-refractivity contribution in [2.24, 2.45) is 11.8 Å². The number of rotatable bonds is 6. The van der Waals surface area contributed by atoms with Gasteiger partial charge < -0.3 is 14.5 Å². The van der Waals surface area contributed by atoms with Crippen LogP contribution in [-0.4, -0.2) is 76.0 Å². The molecule has 202 valence electrons. The third-order valence-electron chi connectivity index (χ3n) is 7.35. The van der Waals surface area contributed by atoms with E-state index in [1.807, 2.05) is 4.90 Å². The maximum Gasteiger partial charge on any atom is 0.422 e. The molecule has 1 aromatic heterocycles. The number of carbonyl (C=O) groups is 2. The molecule has 0 bridgehead atoms. The van der Waals surface area contributed by atoms with Gasteiger partial charge in [0.25, 0.3) is 5.91 Å². The summed E-state index contributed by atoms with van der Waals surface area (Å²) in [4.78, 5) is 29.6. The molecule has 2 amide bonds. The highest BCUT2D eigenvalue weighted by molar-refractivity contribution is 5.97. The van der Waals surface area contributed by atoms with Crippen molar-refractivity contribution >= 4 is 22.8 Å². The molecule has 38 heavy (non-hydrogen) atoms. The summed E-state index contributed by atoms with van der Waals surface area (Å²) in [6.07, 6.45) is -2.70. The van der Waals surface area contributed by atoms with Gasteiger partial charge in [0.05, 0.1) is 0 Å². The first kappa shape index (κ1) is 25.9. The molecule has 3 heterocycles. The van der Waals surface area contributed by atoms with E-state index in [4.69, 9.17) is 0 Å². The number of benzene rings is 2. The number of likely N-dealkylation sites (tertiary alicyclic amines) is 2. The lowest BCUT2D eigenvalue weighted by atomic mass is 9.92. The van der Waals surface area contributed by atoms with E-state index in [0.29, 0.717) is 54.6 Å². The van der Waals surface area contributed by atoms with Crippen LogP contribution < -0.4 is 4.74 Å². The number of ether oxygens (including phenoxy) is 1. The van der Waals surface area contributed by atoms with Crippen molar-refractivity contribution in [3.63, 3.8) is 0 Å². The predicted molar refractivity (Wildman–Crippen MR) is 129 cm³/mol. The van der Waals surface area contributed by atoms with E-state index in [1.165, 1.54) is 12.1 Å². The molecule has 3 aromatic rings. The molecule has 2 aliphatic rings. The number of nitrogens with zero attached hydrogens (tertiary/aromatic N) is 4. The number of H-pyrrole nitrogens is 1. The quantitative estimate of drug-likeness (QED) is 0.484. The molecule has 0 radical (unpaired) electrons. The molecule has 0 spiro atoms. The molecule has 2 unspecified atom stereocenters. The molecule has 1 N–H and O–H groups in total. The van der Waals surface area contributed by atoms with Crippen LogP contribution in [-0.2, 0) is 11.2 Å². The molecular formula is C26H27F4N5O3. The summed E-state index contributed by atoms with van der Waals surface area (Å²) < 4.78 is 55.8. The van der Waals surface area contributed by atoms with Gasteiger partial charge >= 0.3 is 6.18 Å². The minimum Gasteiger partial charge on any atom is -0.484 e. The number of alkyl halides is 3. The van der Waals surface area contributed by atoms with E-state index in [2.05, 4.69) is 20.1 Å². The highest BCUT2D eigenvalue weighted by atomic mass is 19.4. The molecule has 5 rings (SSSR count). The minimum absolute atomic E-state index is 0.0345. The van der Waals surface area contributed by atoms with Crippen molar-refractivity contribution < 1.29 is 31.9 Å². The Morgan fingerprint density at radius 1 is 0.974 bits per heavy atom. The fraction of sp³-hybridized carbons (Fsp3) is 0.462. The van der Waals surface area contributed by atoms with Gasteiger partial charge in [-0.3, -0.25) is 9.59 Å². The van der Waals surface area contributed by atoms with E-state index in [9.17, 15) is 27.2 Å². The number of hydrogen-bond donors (Lipinski definition) is 1. The van der Waals surface area contributed by atoms with Crippen molar-refractivity contribution in [3.8, 4) is 5.75 Å². The van der Waals surface area contributed by atoms with Crippen molar-refractivity contribution in [1.29, 1.82) is 0 Å². The van der Waals surface area contributed by atoms with Crippen LogP contribution in [0.2, 0.25) is 0 Å². The van der Waals surface area contributed by atoms with E-state index in [0.717, 1.165) is 18.9 Å². The number of fused-ring (bicyclic) bond motifs is 2. The Kier molecular flexibility index (Phi) is 7.22. The van der Waals surface area contributed by atoms with Gasteiger partial charge in [-0.25, -0.2) is 4.39 Å². The molecule has 0 aliphatic carbocycles. The second-order valence-electron chi connectivity index (χ2n) is 9.87. The van der Waals surface area contributed by atoms with Crippen LogP contribution in [0.3, 0.4) is 0 Å². The monoisotopic (exact) mass is 533 g/mol. The highest BCUT2D eigenvalue weighted by Gasteiger charge is 2.38. The van der Waals surface area contributed by atoms with Gasteiger partial charge in [-0.2, -0.15) is 28.6 Å². The van der Waals surface area contributed by atoms with Crippen molar-refractivity contribution in [1.82, 2.24) is 25.2 Å². The van der Waals surface area contributed by atoms with Gasteiger partial charge in [0.15, 0.2) is 6.61 Å². The van der Waals surface area contributed by atoms with Crippen LogP contribution in [0.4, 0.5) is 17.6 Å².